The Bertz CT molecular complexity index is 876. The van der Waals surface area contributed by atoms with Crippen LogP contribution in [0.4, 0.5) is 4.79 Å². The number of nitrogens with one attached hydrogen (secondary N) is 3. The maximum absolute atomic E-state index is 13.2. The Labute approximate surface area is 224 Å². The zero-order valence-electron chi connectivity index (χ0n) is 22.5. The topological polar surface area (TPSA) is 141 Å². The summed E-state index contributed by atoms with van der Waals surface area (Å²) in [5.41, 5.74) is 0.794. The summed E-state index contributed by atoms with van der Waals surface area (Å²) in [6.07, 6.45) is 1.36. The summed E-state index contributed by atoms with van der Waals surface area (Å²) in [6, 6.07) is 7.11. The van der Waals surface area contributed by atoms with Crippen molar-refractivity contribution in [2.75, 3.05) is 46.8 Å². The lowest BCUT2D eigenvalue weighted by Gasteiger charge is -2.23. The maximum Gasteiger partial charge on any atom is 0.407 e. The Morgan fingerprint density at radius 1 is 0.868 bits per heavy atom. The third-order valence-electron chi connectivity index (χ3n) is 5.63. The Balaban J connectivity index is 1.89. The van der Waals surface area contributed by atoms with Crippen LogP contribution in [0.25, 0.3) is 0 Å². The standard InChI is InChI=1S/C27H41N3O8/c1-19(2)17-23(30-27(34)38-16-15-37-14-13-36-12-11-35-3)25(32)29-22(18-20-7-5-4-6-8-20)24(31)26(33)28-21-9-10-21/h4-8,19,21-23H,9-18H2,1-3H3,(H,28,33)(H,29,32)(H,30,34). The molecule has 1 aliphatic rings. The molecule has 38 heavy (non-hydrogen) atoms. The minimum atomic E-state index is -1.07. The predicted octanol–water partition coefficient (Wildman–Crippen LogP) is 1.38. The molecule has 212 valence electrons. The van der Waals surface area contributed by atoms with Gasteiger partial charge in [-0.15, -0.1) is 0 Å². The van der Waals surface area contributed by atoms with Crippen molar-refractivity contribution >= 4 is 23.7 Å². The lowest BCUT2D eigenvalue weighted by Crippen LogP contribution is -2.55. The van der Waals surface area contributed by atoms with Crippen LogP contribution < -0.4 is 16.0 Å². The van der Waals surface area contributed by atoms with Crippen molar-refractivity contribution in [1.29, 1.82) is 0 Å². The number of carbonyl (C=O) groups excluding carboxylic acids is 4. The largest absolute Gasteiger partial charge is 0.447 e. The first-order valence-electron chi connectivity index (χ1n) is 13.1. The molecule has 3 N–H and O–H groups in total. The molecule has 0 spiro atoms. The predicted molar refractivity (Wildman–Crippen MR) is 139 cm³/mol. The zero-order valence-corrected chi connectivity index (χ0v) is 22.5. The number of alkyl carbamates (subject to hydrolysis) is 1. The number of hydrogen-bond donors (Lipinski definition) is 3. The van der Waals surface area contributed by atoms with E-state index in [0.29, 0.717) is 32.8 Å². The summed E-state index contributed by atoms with van der Waals surface area (Å²) in [4.78, 5) is 51.0. The molecule has 2 unspecified atom stereocenters. The van der Waals surface area contributed by atoms with Crippen molar-refractivity contribution in [2.24, 2.45) is 5.92 Å². The molecule has 2 atom stereocenters. The van der Waals surface area contributed by atoms with Crippen LogP contribution in [0.2, 0.25) is 0 Å². The van der Waals surface area contributed by atoms with E-state index in [1.807, 2.05) is 44.2 Å². The molecule has 1 fully saturated rings. The summed E-state index contributed by atoms with van der Waals surface area (Å²) < 4.78 is 20.6. The molecule has 3 amide bonds. The minimum absolute atomic E-state index is 0.00359. The van der Waals surface area contributed by atoms with Crippen molar-refractivity contribution in [3.05, 3.63) is 35.9 Å². The van der Waals surface area contributed by atoms with Crippen LogP contribution in [-0.4, -0.2) is 88.6 Å². The van der Waals surface area contributed by atoms with Gasteiger partial charge in [-0.3, -0.25) is 14.4 Å². The van der Waals surface area contributed by atoms with Crippen LogP contribution in [0.15, 0.2) is 30.3 Å². The van der Waals surface area contributed by atoms with E-state index in [2.05, 4.69) is 16.0 Å². The van der Waals surface area contributed by atoms with Gasteiger partial charge in [0.05, 0.1) is 33.0 Å². The molecule has 0 bridgehead atoms. The highest BCUT2D eigenvalue weighted by molar-refractivity contribution is 6.38. The number of ether oxygens (including phenoxy) is 4. The van der Waals surface area contributed by atoms with Crippen molar-refractivity contribution in [2.45, 2.75) is 57.7 Å². The molecule has 0 heterocycles. The smallest absolute Gasteiger partial charge is 0.407 e. The fourth-order valence-corrected chi connectivity index (χ4v) is 3.52. The third kappa shape index (κ3) is 13.0. The molecule has 0 saturated heterocycles. The van der Waals surface area contributed by atoms with Crippen LogP contribution in [0.1, 0.15) is 38.7 Å². The van der Waals surface area contributed by atoms with E-state index in [-0.39, 0.29) is 31.6 Å². The van der Waals surface area contributed by atoms with E-state index >= 15 is 0 Å². The molecule has 1 aliphatic carbocycles. The van der Waals surface area contributed by atoms with Gasteiger partial charge in [-0.05, 0) is 30.7 Å². The quantitative estimate of drug-likeness (QED) is 0.178. The molecule has 1 aromatic rings. The second-order valence-electron chi connectivity index (χ2n) is 9.54. The van der Waals surface area contributed by atoms with Gasteiger partial charge < -0.3 is 34.9 Å². The summed E-state index contributed by atoms with van der Waals surface area (Å²) in [6.45, 7) is 5.70. The summed E-state index contributed by atoms with van der Waals surface area (Å²) >= 11 is 0. The molecule has 0 aliphatic heterocycles. The van der Waals surface area contributed by atoms with Gasteiger partial charge in [0.15, 0.2) is 0 Å². The molecule has 1 saturated carbocycles. The molecule has 0 radical (unpaired) electrons. The summed E-state index contributed by atoms with van der Waals surface area (Å²) in [7, 11) is 1.59. The van der Waals surface area contributed by atoms with Gasteiger partial charge in [0, 0.05) is 19.6 Å². The van der Waals surface area contributed by atoms with Gasteiger partial charge in [-0.25, -0.2) is 4.79 Å². The van der Waals surface area contributed by atoms with Crippen LogP contribution >= 0.6 is 0 Å². The Kier molecular flexibility index (Phi) is 14.4. The number of rotatable bonds is 19. The minimum Gasteiger partial charge on any atom is -0.447 e. The lowest BCUT2D eigenvalue weighted by molar-refractivity contribution is -0.140. The molecular weight excluding hydrogens is 494 g/mol. The first kappa shape index (κ1) is 31.2. The highest BCUT2D eigenvalue weighted by Gasteiger charge is 2.33. The van der Waals surface area contributed by atoms with Crippen molar-refractivity contribution in [3.8, 4) is 0 Å². The third-order valence-corrected chi connectivity index (χ3v) is 5.63. The van der Waals surface area contributed by atoms with Crippen LogP contribution in [0, 0.1) is 5.92 Å². The first-order chi connectivity index (χ1) is 18.3. The number of Topliss-reactive ketones (excluding diaryl/α,β-unsaturated/α-hetero) is 1. The van der Waals surface area contributed by atoms with E-state index < -0.39 is 35.8 Å². The van der Waals surface area contributed by atoms with E-state index in [1.54, 1.807) is 7.11 Å². The monoisotopic (exact) mass is 535 g/mol. The van der Waals surface area contributed by atoms with Gasteiger partial charge in [0.2, 0.25) is 11.7 Å². The van der Waals surface area contributed by atoms with E-state index in [4.69, 9.17) is 18.9 Å². The number of benzene rings is 1. The second kappa shape index (κ2) is 17.5. The van der Waals surface area contributed by atoms with Crippen LogP contribution in [0.5, 0.6) is 0 Å². The number of methoxy groups -OCH3 is 1. The molecular formula is C27H41N3O8. The van der Waals surface area contributed by atoms with Crippen LogP contribution in [0.3, 0.4) is 0 Å². The number of amides is 3. The van der Waals surface area contributed by atoms with Gasteiger partial charge >= 0.3 is 6.09 Å². The van der Waals surface area contributed by atoms with Crippen molar-refractivity contribution < 1.29 is 38.1 Å². The Morgan fingerprint density at radius 2 is 1.50 bits per heavy atom. The summed E-state index contributed by atoms with van der Waals surface area (Å²) in [5, 5.41) is 7.94. The first-order valence-corrected chi connectivity index (χ1v) is 13.1. The number of carbonyl (C=O) groups is 4. The van der Waals surface area contributed by atoms with Gasteiger partial charge in [-0.1, -0.05) is 44.2 Å². The fraction of sp³-hybridized carbons (Fsp3) is 0.630. The Morgan fingerprint density at radius 3 is 2.11 bits per heavy atom. The Hall–Kier alpha value is -3.02. The van der Waals surface area contributed by atoms with E-state index in [1.165, 1.54) is 0 Å². The highest BCUT2D eigenvalue weighted by atomic mass is 16.6. The molecule has 1 aromatic carbocycles. The van der Waals surface area contributed by atoms with E-state index in [0.717, 1.165) is 18.4 Å². The summed E-state index contributed by atoms with van der Waals surface area (Å²) in [5.74, 6) is -1.93. The van der Waals surface area contributed by atoms with Gasteiger partial charge in [0.25, 0.3) is 5.91 Å². The van der Waals surface area contributed by atoms with Crippen molar-refractivity contribution in [1.82, 2.24) is 16.0 Å². The van der Waals surface area contributed by atoms with E-state index in [9.17, 15) is 19.2 Å². The average Bonchev–Trinajstić information content (AvgIpc) is 3.70. The maximum atomic E-state index is 13.2. The normalized spacial score (nSPS) is 14.4. The van der Waals surface area contributed by atoms with Crippen LogP contribution in [-0.2, 0) is 39.8 Å². The second-order valence-corrected chi connectivity index (χ2v) is 9.54. The molecule has 11 nitrogen and oxygen atoms in total. The molecule has 11 heteroatoms. The number of hydrogen-bond acceptors (Lipinski definition) is 8. The molecule has 2 rings (SSSR count). The number of ketones is 1. The highest BCUT2D eigenvalue weighted by Crippen LogP contribution is 2.18. The van der Waals surface area contributed by atoms with Gasteiger partial charge in [-0.2, -0.15) is 0 Å². The SMILES string of the molecule is COCCOCCOCCOC(=O)NC(CC(C)C)C(=O)NC(Cc1ccccc1)C(=O)C(=O)NC1CC1. The lowest BCUT2D eigenvalue weighted by atomic mass is 9.99. The van der Waals surface area contributed by atoms with Gasteiger partial charge in [0.1, 0.15) is 18.7 Å². The average molecular weight is 536 g/mol. The van der Waals surface area contributed by atoms with Crippen molar-refractivity contribution in [3.63, 3.8) is 0 Å². The fourth-order valence-electron chi connectivity index (χ4n) is 3.52. The molecule has 0 aromatic heterocycles. The zero-order chi connectivity index (χ0) is 27.8.